The number of hydrogen-bond acceptors (Lipinski definition) is 6. The Kier molecular flexibility index (Phi) is 3.89. The normalized spacial score (nSPS) is 21.3. The van der Waals surface area contributed by atoms with Gasteiger partial charge in [-0.2, -0.15) is 0 Å². The minimum atomic E-state index is -1.19. The number of carbonyl (C=O) groups is 3. The van der Waals surface area contributed by atoms with Gasteiger partial charge in [0.2, 0.25) is 5.78 Å². The van der Waals surface area contributed by atoms with Gasteiger partial charge in [-0.1, -0.05) is 0 Å². The molecule has 0 aromatic heterocycles. The molecule has 15 heavy (non-hydrogen) atoms. The number of methoxy groups -OCH3 is 1. The number of nitrogens with two attached hydrogens (primary N) is 1. The van der Waals surface area contributed by atoms with Gasteiger partial charge in [0.15, 0.2) is 6.04 Å². The van der Waals surface area contributed by atoms with Crippen LogP contribution in [0, 0.1) is 0 Å². The van der Waals surface area contributed by atoms with Crippen molar-refractivity contribution in [3.63, 3.8) is 0 Å². The van der Waals surface area contributed by atoms with Gasteiger partial charge in [-0.15, -0.1) is 0 Å². The van der Waals surface area contributed by atoms with E-state index in [1.54, 1.807) is 0 Å². The largest absolute Gasteiger partial charge is 0.385 e. The van der Waals surface area contributed by atoms with E-state index >= 15 is 0 Å². The molecule has 0 aromatic rings. The van der Waals surface area contributed by atoms with E-state index in [0.717, 1.165) is 5.01 Å². The van der Waals surface area contributed by atoms with E-state index in [0.29, 0.717) is 19.6 Å². The van der Waals surface area contributed by atoms with E-state index < -0.39 is 23.6 Å². The van der Waals surface area contributed by atoms with Crippen LogP contribution in [0.15, 0.2) is 0 Å². The molecule has 84 valence electrons. The number of carbonyl (C=O) groups excluding carboxylic acids is 3. The van der Waals surface area contributed by atoms with Crippen LogP contribution in [0.5, 0.6) is 0 Å². The van der Waals surface area contributed by atoms with Gasteiger partial charge in [0, 0.05) is 20.3 Å². The van der Waals surface area contributed by atoms with Crippen molar-refractivity contribution >= 4 is 17.6 Å². The summed E-state index contributed by atoms with van der Waals surface area (Å²) in [5.74, 6) is 3.14. The summed E-state index contributed by atoms with van der Waals surface area (Å²) in [5, 5.41) is 2.96. The molecule has 1 saturated heterocycles. The molecule has 1 aliphatic heterocycles. The van der Waals surface area contributed by atoms with Crippen molar-refractivity contribution in [3.8, 4) is 0 Å². The first-order chi connectivity index (χ1) is 7.07. The van der Waals surface area contributed by atoms with E-state index in [-0.39, 0.29) is 0 Å². The van der Waals surface area contributed by atoms with Crippen LogP contribution in [0.25, 0.3) is 0 Å². The van der Waals surface area contributed by atoms with Gasteiger partial charge in [0.05, 0.1) is 0 Å². The van der Waals surface area contributed by atoms with Gasteiger partial charge in [-0.3, -0.25) is 25.5 Å². The summed E-state index contributed by atoms with van der Waals surface area (Å²) in [6.45, 7) is 0.787. The lowest BCUT2D eigenvalue weighted by molar-refractivity contribution is -0.137. The highest BCUT2D eigenvalue weighted by Crippen LogP contribution is 2.04. The maximum atomic E-state index is 11.2. The van der Waals surface area contributed by atoms with Crippen LogP contribution in [-0.2, 0) is 19.1 Å². The fourth-order valence-corrected chi connectivity index (χ4v) is 1.31. The highest BCUT2D eigenvalue weighted by Gasteiger charge is 2.42. The van der Waals surface area contributed by atoms with Crippen molar-refractivity contribution in [2.45, 2.75) is 12.5 Å². The van der Waals surface area contributed by atoms with E-state index in [1.807, 2.05) is 5.32 Å². The fraction of sp³-hybridized carbons (Fsp3) is 0.625. The summed E-state index contributed by atoms with van der Waals surface area (Å²) < 4.78 is 4.80. The van der Waals surface area contributed by atoms with Gasteiger partial charge in [0.1, 0.15) is 0 Å². The number of nitrogens with one attached hydrogen (secondary N) is 1. The maximum absolute atomic E-state index is 11.2. The molecule has 0 aromatic carbocycles. The number of ether oxygens (including phenoxy) is 1. The van der Waals surface area contributed by atoms with Crippen LogP contribution in [-0.4, -0.2) is 48.9 Å². The molecule has 1 fully saturated rings. The molecular formula is C8H13N3O4. The number of amides is 2. The zero-order valence-corrected chi connectivity index (χ0v) is 8.36. The Morgan fingerprint density at radius 1 is 1.47 bits per heavy atom. The summed E-state index contributed by atoms with van der Waals surface area (Å²) in [7, 11) is 1.54. The molecule has 2 amide bonds. The third-order valence-corrected chi connectivity index (χ3v) is 2.05. The lowest BCUT2D eigenvalue weighted by Gasteiger charge is -2.18. The summed E-state index contributed by atoms with van der Waals surface area (Å²) in [6, 6.07) is -1.19. The Bertz CT molecular complexity index is 292. The van der Waals surface area contributed by atoms with Crippen LogP contribution >= 0.6 is 0 Å². The first-order valence-electron chi connectivity index (χ1n) is 4.47. The molecule has 7 heteroatoms. The van der Waals surface area contributed by atoms with Crippen molar-refractivity contribution in [1.29, 1.82) is 0 Å². The molecule has 0 bridgehead atoms. The number of ketones is 1. The molecule has 0 spiro atoms. The van der Waals surface area contributed by atoms with E-state index in [9.17, 15) is 14.4 Å². The highest BCUT2D eigenvalue weighted by molar-refractivity contribution is 6.49. The number of rotatable bonds is 5. The zero-order chi connectivity index (χ0) is 11.4. The molecular weight excluding hydrogens is 202 g/mol. The number of Topliss-reactive ketones (excluding diaryl/α,β-unsaturated/α-hetero) is 1. The van der Waals surface area contributed by atoms with E-state index in [2.05, 4.69) is 0 Å². The predicted molar refractivity (Wildman–Crippen MR) is 49.3 cm³/mol. The third-order valence-electron chi connectivity index (χ3n) is 2.05. The van der Waals surface area contributed by atoms with Crippen molar-refractivity contribution in [1.82, 2.24) is 10.3 Å². The van der Waals surface area contributed by atoms with Crippen LogP contribution in [0.3, 0.4) is 0 Å². The first kappa shape index (κ1) is 11.8. The molecule has 1 unspecified atom stereocenters. The van der Waals surface area contributed by atoms with Crippen LogP contribution in [0.2, 0.25) is 0 Å². The van der Waals surface area contributed by atoms with Crippen molar-refractivity contribution in [2.75, 3.05) is 20.3 Å². The molecule has 1 atom stereocenters. The van der Waals surface area contributed by atoms with Crippen molar-refractivity contribution in [3.05, 3.63) is 0 Å². The maximum Gasteiger partial charge on any atom is 0.296 e. The lowest BCUT2D eigenvalue weighted by atomic mass is 10.2. The second kappa shape index (κ2) is 4.96. The van der Waals surface area contributed by atoms with Crippen LogP contribution < -0.4 is 11.2 Å². The summed E-state index contributed by atoms with van der Waals surface area (Å²) >= 11 is 0. The van der Waals surface area contributed by atoms with E-state index in [4.69, 9.17) is 10.6 Å². The van der Waals surface area contributed by atoms with Gasteiger partial charge >= 0.3 is 0 Å². The Morgan fingerprint density at radius 2 is 2.13 bits per heavy atom. The van der Waals surface area contributed by atoms with Crippen LogP contribution in [0.1, 0.15) is 6.42 Å². The first-order valence-corrected chi connectivity index (χ1v) is 4.47. The van der Waals surface area contributed by atoms with E-state index in [1.165, 1.54) is 7.11 Å². The minimum Gasteiger partial charge on any atom is -0.385 e. The molecule has 1 heterocycles. The topological polar surface area (TPSA) is 102 Å². The molecule has 1 aliphatic rings. The molecule has 0 saturated carbocycles. The van der Waals surface area contributed by atoms with Gasteiger partial charge in [-0.25, -0.2) is 5.01 Å². The number of nitrogens with zero attached hydrogens (tertiary/aromatic N) is 1. The van der Waals surface area contributed by atoms with Gasteiger partial charge in [-0.05, 0) is 6.42 Å². The number of hydrogen-bond donors (Lipinski definition) is 2. The minimum absolute atomic E-state index is 0.310. The molecule has 3 N–H and O–H groups in total. The molecule has 1 rings (SSSR count). The van der Waals surface area contributed by atoms with Crippen LogP contribution in [0.4, 0.5) is 0 Å². The average molecular weight is 215 g/mol. The highest BCUT2D eigenvalue weighted by atomic mass is 16.5. The Balaban J connectivity index is 2.51. The fourth-order valence-electron chi connectivity index (χ4n) is 1.31. The van der Waals surface area contributed by atoms with Gasteiger partial charge in [0.25, 0.3) is 11.8 Å². The Hall–Kier alpha value is -1.31. The summed E-state index contributed by atoms with van der Waals surface area (Å²) in [6.07, 6.45) is 0.582. The zero-order valence-electron chi connectivity index (χ0n) is 8.36. The Labute approximate surface area is 86.5 Å². The SMILES string of the molecule is COCCCN(N)C1C(=O)NC(=O)C1=O. The van der Waals surface area contributed by atoms with Gasteiger partial charge < -0.3 is 4.74 Å². The smallest absolute Gasteiger partial charge is 0.296 e. The second-order valence-corrected chi connectivity index (χ2v) is 3.17. The monoisotopic (exact) mass is 215 g/mol. The summed E-state index contributed by atoms with van der Waals surface area (Å²) in [4.78, 5) is 33.2. The number of imide groups is 1. The Morgan fingerprint density at radius 3 is 2.60 bits per heavy atom. The van der Waals surface area contributed by atoms with Crippen molar-refractivity contribution < 1.29 is 19.1 Å². The van der Waals surface area contributed by atoms with Crippen molar-refractivity contribution in [2.24, 2.45) is 5.84 Å². The average Bonchev–Trinajstić information content (AvgIpc) is 2.41. The summed E-state index contributed by atoms with van der Waals surface area (Å²) in [5.41, 5.74) is 0. The standard InChI is InChI=1S/C8H13N3O4/c1-15-4-2-3-11(9)5-6(12)8(14)10-7(5)13/h5H,2-4,9H2,1H3,(H,10,13,14). The second-order valence-electron chi connectivity index (χ2n) is 3.17. The quantitative estimate of drug-likeness (QED) is 0.135. The molecule has 0 radical (unpaired) electrons. The lowest BCUT2D eigenvalue weighted by Crippen LogP contribution is -2.49. The third kappa shape index (κ3) is 2.58. The predicted octanol–water partition coefficient (Wildman–Crippen LogP) is -2.21. The molecule has 7 nitrogen and oxygen atoms in total. The molecule has 0 aliphatic carbocycles. The number of hydrazine groups is 1.